The quantitative estimate of drug-likeness (QED) is 0.814. The fourth-order valence-electron chi connectivity index (χ4n) is 1.61. The van der Waals surface area contributed by atoms with Gasteiger partial charge in [-0.15, -0.1) is 0 Å². The summed E-state index contributed by atoms with van der Waals surface area (Å²) < 4.78 is 1.73. The Morgan fingerprint density at radius 1 is 1.50 bits per heavy atom. The van der Waals surface area contributed by atoms with E-state index < -0.39 is 0 Å². The SMILES string of the molecule is Cn1cc(CCNC(=O)c2cnccc2N)cn1. The molecule has 0 atom stereocenters. The van der Waals surface area contributed by atoms with Crippen LogP contribution < -0.4 is 11.1 Å². The lowest BCUT2D eigenvalue weighted by atomic mass is 10.2. The number of hydrogen-bond acceptors (Lipinski definition) is 4. The van der Waals surface area contributed by atoms with Gasteiger partial charge in [-0.05, 0) is 18.1 Å². The third kappa shape index (κ3) is 2.85. The van der Waals surface area contributed by atoms with Crippen LogP contribution in [0.4, 0.5) is 5.69 Å². The molecule has 0 aromatic carbocycles. The first-order valence-electron chi connectivity index (χ1n) is 5.62. The van der Waals surface area contributed by atoms with E-state index in [1.54, 1.807) is 23.1 Å². The predicted octanol–water partition coefficient (Wildman–Crippen LogP) is 0.370. The number of pyridine rings is 1. The molecule has 0 aliphatic heterocycles. The van der Waals surface area contributed by atoms with E-state index in [0.717, 1.165) is 12.0 Å². The Hall–Kier alpha value is -2.37. The highest BCUT2D eigenvalue weighted by molar-refractivity contribution is 5.98. The van der Waals surface area contributed by atoms with Crippen LogP contribution in [0.25, 0.3) is 0 Å². The summed E-state index contributed by atoms with van der Waals surface area (Å²) in [5.74, 6) is -0.204. The van der Waals surface area contributed by atoms with Crippen LogP contribution in [0.1, 0.15) is 15.9 Å². The molecule has 3 N–H and O–H groups in total. The Morgan fingerprint density at radius 3 is 3.00 bits per heavy atom. The fraction of sp³-hybridized carbons (Fsp3) is 0.250. The van der Waals surface area contributed by atoms with Crippen molar-refractivity contribution in [3.05, 3.63) is 42.0 Å². The lowest BCUT2D eigenvalue weighted by Gasteiger charge is -2.05. The lowest BCUT2D eigenvalue weighted by Crippen LogP contribution is -2.26. The van der Waals surface area contributed by atoms with Gasteiger partial charge in [0.05, 0.1) is 11.8 Å². The van der Waals surface area contributed by atoms with Crippen LogP contribution in [0.2, 0.25) is 0 Å². The monoisotopic (exact) mass is 245 g/mol. The molecule has 2 heterocycles. The number of aromatic nitrogens is 3. The normalized spacial score (nSPS) is 10.3. The van der Waals surface area contributed by atoms with Crippen LogP contribution in [0, 0.1) is 0 Å². The first-order chi connectivity index (χ1) is 8.66. The number of hydrogen-bond donors (Lipinski definition) is 2. The molecule has 0 unspecified atom stereocenters. The number of nitrogens with two attached hydrogens (primary N) is 1. The molecule has 0 saturated carbocycles. The second-order valence-electron chi connectivity index (χ2n) is 3.99. The third-order valence-electron chi connectivity index (χ3n) is 2.56. The second kappa shape index (κ2) is 5.31. The highest BCUT2D eigenvalue weighted by atomic mass is 16.1. The Bertz CT molecular complexity index is 549. The van der Waals surface area contributed by atoms with Gasteiger partial charge in [-0.25, -0.2) is 0 Å². The number of nitrogen functional groups attached to an aromatic ring is 1. The van der Waals surface area contributed by atoms with Gasteiger partial charge < -0.3 is 11.1 Å². The van der Waals surface area contributed by atoms with Crippen molar-refractivity contribution in [2.24, 2.45) is 7.05 Å². The minimum absolute atomic E-state index is 0.204. The van der Waals surface area contributed by atoms with Crippen molar-refractivity contribution in [2.45, 2.75) is 6.42 Å². The average Bonchev–Trinajstić information content (AvgIpc) is 2.75. The number of nitrogens with one attached hydrogen (secondary N) is 1. The van der Waals surface area contributed by atoms with E-state index in [1.165, 1.54) is 6.20 Å². The molecule has 0 spiro atoms. The summed E-state index contributed by atoms with van der Waals surface area (Å²) in [6.07, 6.45) is 7.46. The number of amides is 1. The molecule has 6 heteroatoms. The van der Waals surface area contributed by atoms with E-state index in [2.05, 4.69) is 15.4 Å². The second-order valence-corrected chi connectivity index (χ2v) is 3.99. The number of rotatable bonds is 4. The van der Waals surface area contributed by atoms with E-state index in [1.807, 2.05) is 13.2 Å². The van der Waals surface area contributed by atoms with Crippen molar-refractivity contribution < 1.29 is 4.79 Å². The van der Waals surface area contributed by atoms with Gasteiger partial charge in [0, 0.05) is 37.9 Å². The van der Waals surface area contributed by atoms with Crippen molar-refractivity contribution in [3.63, 3.8) is 0 Å². The molecule has 2 aromatic heterocycles. The van der Waals surface area contributed by atoms with Gasteiger partial charge in [-0.2, -0.15) is 5.10 Å². The molecule has 18 heavy (non-hydrogen) atoms. The number of carbonyl (C=O) groups excluding carboxylic acids is 1. The van der Waals surface area contributed by atoms with Crippen molar-refractivity contribution in [2.75, 3.05) is 12.3 Å². The summed E-state index contributed by atoms with van der Waals surface area (Å²) >= 11 is 0. The van der Waals surface area contributed by atoms with Crippen LogP contribution >= 0.6 is 0 Å². The predicted molar refractivity (Wildman–Crippen MR) is 67.9 cm³/mol. The maximum atomic E-state index is 11.8. The standard InChI is InChI=1S/C12H15N5O/c1-17-8-9(6-16-17)2-5-15-12(18)10-7-14-4-3-11(10)13/h3-4,6-8H,2,5H2,1H3,(H2,13,14)(H,15,18). The van der Waals surface area contributed by atoms with Crippen LogP contribution in [0.5, 0.6) is 0 Å². The molecule has 0 aliphatic rings. The summed E-state index contributed by atoms with van der Waals surface area (Å²) in [4.78, 5) is 15.7. The van der Waals surface area contributed by atoms with E-state index in [9.17, 15) is 4.79 Å². The molecule has 0 radical (unpaired) electrons. The van der Waals surface area contributed by atoms with Crippen molar-refractivity contribution in [3.8, 4) is 0 Å². The molecule has 0 saturated heterocycles. The lowest BCUT2D eigenvalue weighted by molar-refractivity contribution is 0.0954. The van der Waals surface area contributed by atoms with Gasteiger partial charge in [0.15, 0.2) is 0 Å². The Labute approximate surface area is 105 Å². The minimum atomic E-state index is -0.204. The third-order valence-corrected chi connectivity index (χ3v) is 2.56. The first-order valence-corrected chi connectivity index (χ1v) is 5.62. The summed E-state index contributed by atoms with van der Waals surface area (Å²) in [6.45, 7) is 0.541. The van der Waals surface area contributed by atoms with Crippen LogP contribution in [0.3, 0.4) is 0 Å². The largest absolute Gasteiger partial charge is 0.398 e. The molecule has 2 rings (SSSR count). The molecule has 0 aliphatic carbocycles. The number of aryl methyl sites for hydroxylation is 1. The van der Waals surface area contributed by atoms with Gasteiger partial charge in [0.25, 0.3) is 5.91 Å². The van der Waals surface area contributed by atoms with Crippen molar-refractivity contribution in [1.29, 1.82) is 0 Å². The minimum Gasteiger partial charge on any atom is -0.398 e. The smallest absolute Gasteiger partial charge is 0.254 e. The van der Waals surface area contributed by atoms with Crippen molar-refractivity contribution >= 4 is 11.6 Å². The maximum absolute atomic E-state index is 11.8. The Kier molecular flexibility index (Phi) is 3.57. The molecule has 6 nitrogen and oxygen atoms in total. The summed E-state index contributed by atoms with van der Waals surface area (Å²) in [5, 5.41) is 6.86. The van der Waals surface area contributed by atoms with Gasteiger partial charge in [-0.3, -0.25) is 14.5 Å². The highest BCUT2D eigenvalue weighted by Crippen LogP contribution is 2.07. The van der Waals surface area contributed by atoms with E-state index >= 15 is 0 Å². The van der Waals surface area contributed by atoms with Gasteiger partial charge >= 0.3 is 0 Å². The molecule has 94 valence electrons. The maximum Gasteiger partial charge on any atom is 0.254 e. The van der Waals surface area contributed by atoms with Crippen LogP contribution in [0.15, 0.2) is 30.9 Å². The van der Waals surface area contributed by atoms with Crippen molar-refractivity contribution in [1.82, 2.24) is 20.1 Å². The summed E-state index contributed by atoms with van der Waals surface area (Å²) in [5.41, 5.74) is 7.61. The molecule has 0 bridgehead atoms. The van der Waals surface area contributed by atoms with E-state index in [4.69, 9.17) is 5.73 Å². The number of anilines is 1. The molecule has 1 amide bonds. The summed E-state index contributed by atoms with van der Waals surface area (Å²) in [6, 6.07) is 1.61. The van der Waals surface area contributed by atoms with Crippen LogP contribution in [-0.2, 0) is 13.5 Å². The zero-order chi connectivity index (χ0) is 13.0. The Balaban J connectivity index is 1.87. The first kappa shape index (κ1) is 12.1. The van der Waals surface area contributed by atoms with E-state index in [0.29, 0.717) is 17.8 Å². The zero-order valence-corrected chi connectivity index (χ0v) is 10.1. The fourth-order valence-corrected chi connectivity index (χ4v) is 1.61. The Morgan fingerprint density at radius 2 is 2.33 bits per heavy atom. The highest BCUT2D eigenvalue weighted by Gasteiger charge is 2.08. The van der Waals surface area contributed by atoms with Crippen LogP contribution in [-0.4, -0.2) is 27.2 Å². The molecular weight excluding hydrogens is 230 g/mol. The molecular formula is C12H15N5O. The average molecular weight is 245 g/mol. The van der Waals surface area contributed by atoms with E-state index in [-0.39, 0.29) is 5.91 Å². The zero-order valence-electron chi connectivity index (χ0n) is 10.1. The van der Waals surface area contributed by atoms with Gasteiger partial charge in [-0.1, -0.05) is 0 Å². The topological polar surface area (TPSA) is 85.8 Å². The van der Waals surface area contributed by atoms with Gasteiger partial charge in [0.2, 0.25) is 0 Å². The number of nitrogens with zero attached hydrogens (tertiary/aromatic N) is 3. The van der Waals surface area contributed by atoms with Gasteiger partial charge in [0.1, 0.15) is 0 Å². The number of carbonyl (C=O) groups is 1. The molecule has 0 fully saturated rings. The molecule has 2 aromatic rings. The summed E-state index contributed by atoms with van der Waals surface area (Å²) in [7, 11) is 1.86.